The first-order valence-corrected chi connectivity index (χ1v) is 7.05. The normalized spacial score (nSPS) is 10.8. The molecule has 4 aromatic rings. The van der Waals surface area contributed by atoms with E-state index in [1.165, 1.54) is 10.9 Å². The molecule has 0 spiro atoms. The molecule has 0 atom stereocenters. The maximum absolute atomic E-state index is 12.1. The molecule has 0 radical (unpaired) electrons. The zero-order valence-electron chi connectivity index (χ0n) is 12.0. The number of benzene rings is 2. The summed E-state index contributed by atoms with van der Waals surface area (Å²) < 4.78 is 7.25. The first-order valence-electron chi connectivity index (χ1n) is 7.05. The average Bonchev–Trinajstić information content (AvgIpc) is 2.92. The third-order valence-corrected chi connectivity index (χ3v) is 3.42. The van der Waals surface area contributed by atoms with Crippen molar-refractivity contribution in [1.29, 1.82) is 0 Å². The van der Waals surface area contributed by atoms with Crippen molar-refractivity contribution in [2.24, 2.45) is 0 Å². The van der Waals surface area contributed by atoms with Crippen molar-refractivity contribution in [3.8, 4) is 17.2 Å². The lowest BCUT2D eigenvalue weighted by Crippen LogP contribution is -2.14. The first-order chi connectivity index (χ1) is 11.3. The summed E-state index contributed by atoms with van der Waals surface area (Å²) in [7, 11) is 0. The lowest BCUT2D eigenvalue weighted by molar-refractivity contribution is 0.482. The van der Waals surface area contributed by atoms with Gasteiger partial charge in [0.1, 0.15) is 23.3 Å². The number of hydrogen-bond acceptors (Lipinski definition) is 4. The van der Waals surface area contributed by atoms with Crippen LogP contribution in [-0.2, 0) is 0 Å². The molecule has 23 heavy (non-hydrogen) atoms. The van der Waals surface area contributed by atoms with E-state index in [0.29, 0.717) is 22.6 Å². The van der Waals surface area contributed by atoms with Crippen molar-refractivity contribution in [3.05, 3.63) is 77.6 Å². The number of para-hydroxylation sites is 1. The van der Waals surface area contributed by atoms with E-state index in [2.05, 4.69) is 15.0 Å². The number of ether oxygens (including phenoxy) is 1. The molecule has 2 aromatic heterocycles. The Morgan fingerprint density at radius 3 is 2.48 bits per heavy atom. The summed E-state index contributed by atoms with van der Waals surface area (Å²) in [4.78, 5) is 22.9. The molecule has 0 unspecified atom stereocenters. The van der Waals surface area contributed by atoms with E-state index < -0.39 is 0 Å². The number of H-pyrrole nitrogens is 1. The van der Waals surface area contributed by atoms with Crippen LogP contribution < -0.4 is 10.4 Å². The highest BCUT2D eigenvalue weighted by Gasteiger charge is 2.09. The van der Waals surface area contributed by atoms with Gasteiger partial charge in [0.05, 0.1) is 11.9 Å². The van der Waals surface area contributed by atoms with Gasteiger partial charge in [0.25, 0.3) is 0 Å². The van der Waals surface area contributed by atoms with E-state index in [1.807, 2.05) is 54.6 Å². The fraction of sp³-hybridized carbons (Fsp3) is 0. The van der Waals surface area contributed by atoms with Gasteiger partial charge in [0.2, 0.25) is 0 Å². The van der Waals surface area contributed by atoms with Crippen LogP contribution in [0.15, 0.2) is 71.9 Å². The number of fused-ring (bicyclic) bond motifs is 1. The smallest absolute Gasteiger partial charge is 0.332 e. The molecule has 2 heterocycles. The lowest BCUT2D eigenvalue weighted by atomic mass is 10.3. The van der Waals surface area contributed by atoms with E-state index >= 15 is 0 Å². The van der Waals surface area contributed by atoms with Gasteiger partial charge in [0, 0.05) is 0 Å². The van der Waals surface area contributed by atoms with Crippen LogP contribution in [0.25, 0.3) is 16.9 Å². The van der Waals surface area contributed by atoms with Gasteiger partial charge in [-0.25, -0.2) is 19.3 Å². The molecule has 112 valence electrons. The summed E-state index contributed by atoms with van der Waals surface area (Å²) in [6.45, 7) is 0. The highest BCUT2D eigenvalue weighted by atomic mass is 16.5. The Hall–Kier alpha value is -3.41. The van der Waals surface area contributed by atoms with Gasteiger partial charge in [-0.05, 0) is 36.4 Å². The van der Waals surface area contributed by atoms with Crippen molar-refractivity contribution >= 4 is 11.2 Å². The van der Waals surface area contributed by atoms with Gasteiger partial charge < -0.3 is 9.72 Å². The Morgan fingerprint density at radius 1 is 0.957 bits per heavy atom. The molecule has 0 saturated heterocycles. The Balaban J connectivity index is 1.70. The summed E-state index contributed by atoms with van der Waals surface area (Å²) in [6, 6.07) is 16.8. The van der Waals surface area contributed by atoms with Crippen LogP contribution in [0.4, 0.5) is 0 Å². The van der Waals surface area contributed by atoms with Crippen LogP contribution in [0.5, 0.6) is 11.5 Å². The zero-order chi connectivity index (χ0) is 15.6. The number of aromatic amines is 1. The Labute approximate surface area is 131 Å². The summed E-state index contributed by atoms with van der Waals surface area (Å²) in [5.74, 6) is 1.46. The van der Waals surface area contributed by atoms with Crippen LogP contribution >= 0.6 is 0 Å². The van der Waals surface area contributed by atoms with Gasteiger partial charge >= 0.3 is 5.69 Å². The van der Waals surface area contributed by atoms with E-state index in [0.717, 1.165) is 5.75 Å². The van der Waals surface area contributed by atoms with Gasteiger partial charge in [-0.2, -0.15) is 0 Å². The van der Waals surface area contributed by atoms with Crippen molar-refractivity contribution in [2.75, 3.05) is 0 Å². The second-order valence-corrected chi connectivity index (χ2v) is 4.93. The van der Waals surface area contributed by atoms with Crippen LogP contribution in [0.2, 0.25) is 0 Å². The van der Waals surface area contributed by atoms with Gasteiger partial charge in [0.15, 0.2) is 5.65 Å². The predicted molar refractivity (Wildman–Crippen MR) is 86.0 cm³/mol. The molecular formula is C17H12N4O2. The second kappa shape index (κ2) is 5.42. The lowest BCUT2D eigenvalue weighted by Gasteiger charge is -2.07. The fourth-order valence-corrected chi connectivity index (χ4v) is 2.38. The van der Waals surface area contributed by atoms with Crippen LogP contribution in [0, 0.1) is 0 Å². The molecule has 0 amide bonds. The van der Waals surface area contributed by atoms with Crippen molar-refractivity contribution in [3.63, 3.8) is 0 Å². The van der Waals surface area contributed by atoms with Crippen LogP contribution in [-0.4, -0.2) is 19.5 Å². The summed E-state index contributed by atoms with van der Waals surface area (Å²) >= 11 is 0. The van der Waals surface area contributed by atoms with Crippen molar-refractivity contribution < 1.29 is 4.74 Å². The first kappa shape index (κ1) is 13.3. The predicted octanol–water partition coefficient (Wildman–Crippen LogP) is 2.90. The maximum atomic E-state index is 12.1. The molecule has 0 aliphatic rings. The number of aromatic nitrogens is 4. The molecule has 0 aliphatic heterocycles. The maximum Gasteiger partial charge on any atom is 0.332 e. The third-order valence-electron chi connectivity index (χ3n) is 3.42. The van der Waals surface area contributed by atoms with Crippen molar-refractivity contribution in [1.82, 2.24) is 19.5 Å². The monoisotopic (exact) mass is 304 g/mol. The fourth-order valence-electron chi connectivity index (χ4n) is 2.38. The number of rotatable bonds is 3. The molecule has 6 heteroatoms. The zero-order valence-corrected chi connectivity index (χ0v) is 12.0. The number of hydrogen-bond donors (Lipinski definition) is 1. The minimum Gasteiger partial charge on any atom is -0.457 e. The van der Waals surface area contributed by atoms with Gasteiger partial charge in [-0.1, -0.05) is 18.2 Å². The Kier molecular flexibility index (Phi) is 3.12. The molecule has 0 aliphatic carbocycles. The Morgan fingerprint density at radius 2 is 1.70 bits per heavy atom. The van der Waals surface area contributed by atoms with E-state index in [-0.39, 0.29) is 5.69 Å². The third kappa shape index (κ3) is 2.46. The highest BCUT2D eigenvalue weighted by Crippen LogP contribution is 2.22. The van der Waals surface area contributed by atoms with E-state index in [4.69, 9.17) is 4.74 Å². The van der Waals surface area contributed by atoms with E-state index in [1.54, 1.807) is 6.20 Å². The molecule has 0 fully saturated rings. The van der Waals surface area contributed by atoms with Crippen molar-refractivity contribution in [2.45, 2.75) is 0 Å². The minimum atomic E-state index is -0.253. The SMILES string of the molecule is O=c1[nH]c2cncnc2n1-c1ccc(Oc2ccccc2)cc1. The van der Waals surface area contributed by atoms with Gasteiger partial charge in [-0.15, -0.1) is 0 Å². The molecule has 1 N–H and O–H groups in total. The highest BCUT2D eigenvalue weighted by molar-refractivity contribution is 5.71. The quantitative estimate of drug-likeness (QED) is 0.631. The molecule has 4 rings (SSSR count). The number of imidazole rings is 1. The Bertz CT molecular complexity index is 1000. The molecule has 0 bridgehead atoms. The largest absolute Gasteiger partial charge is 0.457 e. The van der Waals surface area contributed by atoms with Crippen LogP contribution in [0.3, 0.4) is 0 Å². The molecule has 6 nitrogen and oxygen atoms in total. The van der Waals surface area contributed by atoms with Gasteiger partial charge in [-0.3, -0.25) is 0 Å². The summed E-state index contributed by atoms with van der Waals surface area (Å²) in [5.41, 5.74) is 1.60. The second-order valence-electron chi connectivity index (χ2n) is 4.93. The molecular weight excluding hydrogens is 292 g/mol. The molecule has 0 saturated carbocycles. The summed E-state index contributed by atoms with van der Waals surface area (Å²) in [5, 5.41) is 0. The number of nitrogens with one attached hydrogen (secondary N) is 1. The topological polar surface area (TPSA) is 72.8 Å². The molecule has 2 aromatic carbocycles. The average molecular weight is 304 g/mol. The summed E-state index contributed by atoms with van der Waals surface area (Å²) in [6.07, 6.45) is 2.99. The minimum absolute atomic E-state index is 0.253. The standard InChI is InChI=1S/C17H12N4O2/c22-17-20-15-10-18-11-19-16(15)21(17)12-6-8-14(9-7-12)23-13-4-2-1-3-5-13/h1-11H,(H,20,22). The number of nitrogens with zero attached hydrogens (tertiary/aromatic N) is 3. The van der Waals surface area contributed by atoms with Crippen LogP contribution in [0.1, 0.15) is 0 Å². The van der Waals surface area contributed by atoms with E-state index in [9.17, 15) is 4.79 Å².